The molecule has 1 atom stereocenters. The van der Waals surface area contributed by atoms with Gasteiger partial charge in [-0.05, 0) is 11.8 Å². The second-order valence-corrected chi connectivity index (χ2v) is 3.43. The summed E-state index contributed by atoms with van der Waals surface area (Å²) in [5.74, 6) is 2.07. The molecule has 1 rings (SSSR count). The van der Waals surface area contributed by atoms with E-state index in [0.717, 1.165) is 11.8 Å². The highest BCUT2D eigenvalue weighted by Crippen LogP contribution is 2.32. The Bertz CT molecular complexity index is 70.1. The number of hydrogen-bond acceptors (Lipinski definition) is 0. The van der Waals surface area contributed by atoms with Crippen molar-refractivity contribution in [3.63, 3.8) is 0 Å². The quantitative estimate of drug-likeness (QED) is 0.560. The largest absolute Gasteiger partial charge is 0.0683 e. The van der Waals surface area contributed by atoms with E-state index < -0.39 is 0 Å². The maximum absolute atomic E-state index is 2.40. The van der Waals surface area contributed by atoms with Crippen molar-refractivity contribution < 1.29 is 0 Å². The molecule has 68 valence electrons. The van der Waals surface area contributed by atoms with Crippen LogP contribution in [0.4, 0.5) is 0 Å². The van der Waals surface area contributed by atoms with Gasteiger partial charge in [-0.1, -0.05) is 59.8 Å². The molecule has 0 bridgehead atoms. The summed E-state index contributed by atoms with van der Waals surface area (Å²) in [6.07, 6.45) is 7.39. The van der Waals surface area contributed by atoms with Crippen molar-refractivity contribution in [1.29, 1.82) is 0 Å². The topological polar surface area (TPSA) is 0 Å². The third-order valence-electron chi connectivity index (χ3n) is 2.85. The molecule has 1 saturated carbocycles. The van der Waals surface area contributed by atoms with Gasteiger partial charge in [0.05, 0.1) is 0 Å². The molecule has 0 heteroatoms. The summed E-state index contributed by atoms with van der Waals surface area (Å²) >= 11 is 0. The van der Waals surface area contributed by atoms with Gasteiger partial charge in [0.25, 0.3) is 0 Å². The van der Waals surface area contributed by atoms with E-state index in [1.54, 1.807) is 0 Å². The molecular formula is C11H24. The van der Waals surface area contributed by atoms with Gasteiger partial charge in [-0.15, -0.1) is 0 Å². The molecule has 11 heavy (non-hydrogen) atoms. The Labute approximate surface area is 72.4 Å². The molecule has 0 heterocycles. The van der Waals surface area contributed by atoms with Gasteiger partial charge in [0.1, 0.15) is 0 Å². The lowest BCUT2D eigenvalue weighted by Gasteiger charge is -2.15. The van der Waals surface area contributed by atoms with Crippen LogP contribution >= 0.6 is 0 Å². The fraction of sp³-hybridized carbons (Fsp3) is 1.00. The van der Waals surface area contributed by atoms with E-state index in [1.165, 1.54) is 32.1 Å². The summed E-state index contributed by atoms with van der Waals surface area (Å²) < 4.78 is 0. The fourth-order valence-electron chi connectivity index (χ4n) is 1.86. The lowest BCUT2D eigenvalue weighted by atomic mass is 9.91. The predicted molar refractivity (Wildman–Crippen MR) is 52.8 cm³/mol. The average Bonchev–Trinajstić information content (AvgIpc) is 2.59. The third kappa shape index (κ3) is 3.79. The van der Waals surface area contributed by atoms with Crippen LogP contribution in [0.3, 0.4) is 0 Å². The van der Waals surface area contributed by atoms with Gasteiger partial charge >= 0.3 is 0 Å². The highest BCUT2D eigenvalue weighted by atomic mass is 14.2. The van der Waals surface area contributed by atoms with Gasteiger partial charge in [0.2, 0.25) is 0 Å². The minimum Gasteiger partial charge on any atom is -0.0683 e. The zero-order chi connectivity index (χ0) is 8.69. The van der Waals surface area contributed by atoms with Crippen LogP contribution in [-0.2, 0) is 0 Å². The first kappa shape index (κ1) is 11.0. The van der Waals surface area contributed by atoms with Gasteiger partial charge in [0.15, 0.2) is 0 Å². The molecule has 0 spiro atoms. The first-order chi connectivity index (χ1) is 5.34. The summed E-state index contributed by atoms with van der Waals surface area (Å²) in [6, 6.07) is 0. The van der Waals surface area contributed by atoms with Crippen molar-refractivity contribution in [1.82, 2.24) is 0 Å². The molecule has 0 aliphatic heterocycles. The Hall–Kier alpha value is 0. The summed E-state index contributed by atoms with van der Waals surface area (Å²) in [4.78, 5) is 0. The van der Waals surface area contributed by atoms with Gasteiger partial charge in [-0.2, -0.15) is 0 Å². The van der Waals surface area contributed by atoms with E-state index >= 15 is 0 Å². The molecule has 1 aliphatic rings. The lowest BCUT2D eigenvalue weighted by molar-refractivity contribution is 0.357. The third-order valence-corrected chi connectivity index (χ3v) is 2.85. The van der Waals surface area contributed by atoms with Gasteiger partial charge < -0.3 is 0 Å². The maximum Gasteiger partial charge on any atom is -0.0389 e. The average molecular weight is 156 g/mol. The van der Waals surface area contributed by atoms with E-state index in [9.17, 15) is 0 Å². The van der Waals surface area contributed by atoms with Crippen LogP contribution < -0.4 is 0 Å². The first-order valence-electron chi connectivity index (χ1n) is 5.34. The summed E-state index contributed by atoms with van der Waals surface area (Å²) in [7, 11) is 0. The van der Waals surface area contributed by atoms with E-state index in [2.05, 4.69) is 13.8 Å². The van der Waals surface area contributed by atoms with Crippen LogP contribution in [-0.4, -0.2) is 0 Å². The minimum atomic E-state index is 0.993. The van der Waals surface area contributed by atoms with Crippen molar-refractivity contribution >= 4 is 0 Å². The first-order valence-corrected chi connectivity index (χ1v) is 5.34. The normalized spacial score (nSPS) is 20.7. The fourth-order valence-corrected chi connectivity index (χ4v) is 1.86. The predicted octanol–water partition coefficient (Wildman–Crippen LogP) is 4.25. The molecule has 0 radical (unpaired) electrons. The molecule has 1 fully saturated rings. The molecule has 0 nitrogen and oxygen atoms in total. The second-order valence-electron chi connectivity index (χ2n) is 3.43. The van der Waals surface area contributed by atoms with Crippen molar-refractivity contribution in [3.8, 4) is 0 Å². The molecule has 1 unspecified atom stereocenters. The van der Waals surface area contributed by atoms with Crippen LogP contribution in [0.1, 0.15) is 59.8 Å². The monoisotopic (exact) mass is 156 g/mol. The molecular weight excluding hydrogens is 132 g/mol. The van der Waals surface area contributed by atoms with Crippen LogP contribution in [0.2, 0.25) is 0 Å². The summed E-state index contributed by atoms with van der Waals surface area (Å²) in [5, 5.41) is 0. The zero-order valence-corrected chi connectivity index (χ0v) is 8.69. The molecule has 0 aromatic carbocycles. The Morgan fingerprint density at radius 3 is 2.00 bits per heavy atom. The van der Waals surface area contributed by atoms with Crippen molar-refractivity contribution in [2.24, 2.45) is 11.8 Å². The Morgan fingerprint density at radius 1 is 1.18 bits per heavy atom. The number of rotatable bonds is 2. The Balaban J connectivity index is 0.000000461. The smallest absolute Gasteiger partial charge is 0.0389 e. The van der Waals surface area contributed by atoms with Crippen LogP contribution in [0.5, 0.6) is 0 Å². The summed E-state index contributed by atoms with van der Waals surface area (Å²) in [5.41, 5.74) is 0. The SMILES string of the molecule is CC.CCC(C)C1CCCC1. The molecule has 0 aromatic rings. The standard InChI is InChI=1S/C9H18.C2H6/c1-3-8(2)9-6-4-5-7-9;1-2/h8-9H,3-7H2,1-2H3;1-2H3. The van der Waals surface area contributed by atoms with Crippen LogP contribution in [0, 0.1) is 11.8 Å². The van der Waals surface area contributed by atoms with Crippen LogP contribution in [0.25, 0.3) is 0 Å². The molecule has 0 amide bonds. The summed E-state index contributed by atoms with van der Waals surface area (Å²) in [6.45, 7) is 8.71. The highest BCUT2D eigenvalue weighted by molar-refractivity contribution is 4.71. The Kier molecular flexibility index (Phi) is 6.69. The highest BCUT2D eigenvalue weighted by Gasteiger charge is 2.19. The maximum atomic E-state index is 2.40. The molecule has 1 aliphatic carbocycles. The van der Waals surface area contributed by atoms with E-state index in [-0.39, 0.29) is 0 Å². The van der Waals surface area contributed by atoms with E-state index in [0.29, 0.717) is 0 Å². The molecule has 0 N–H and O–H groups in total. The Morgan fingerprint density at radius 2 is 1.64 bits per heavy atom. The van der Waals surface area contributed by atoms with Crippen molar-refractivity contribution in [2.45, 2.75) is 59.8 Å². The van der Waals surface area contributed by atoms with E-state index in [4.69, 9.17) is 0 Å². The van der Waals surface area contributed by atoms with Crippen molar-refractivity contribution in [3.05, 3.63) is 0 Å². The molecule has 0 saturated heterocycles. The second kappa shape index (κ2) is 6.69. The van der Waals surface area contributed by atoms with E-state index in [1.807, 2.05) is 13.8 Å². The minimum absolute atomic E-state index is 0.993. The van der Waals surface area contributed by atoms with Gasteiger partial charge in [0, 0.05) is 0 Å². The van der Waals surface area contributed by atoms with Gasteiger partial charge in [-0.25, -0.2) is 0 Å². The number of hydrogen-bond donors (Lipinski definition) is 0. The zero-order valence-electron chi connectivity index (χ0n) is 8.69. The van der Waals surface area contributed by atoms with Gasteiger partial charge in [-0.3, -0.25) is 0 Å². The lowest BCUT2D eigenvalue weighted by Crippen LogP contribution is -2.05. The van der Waals surface area contributed by atoms with Crippen LogP contribution in [0.15, 0.2) is 0 Å². The molecule has 0 aromatic heterocycles. The van der Waals surface area contributed by atoms with Crippen molar-refractivity contribution in [2.75, 3.05) is 0 Å².